The number of benzene rings is 2. The lowest BCUT2D eigenvalue weighted by Gasteiger charge is -2.28. The van der Waals surface area contributed by atoms with Crippen molar-refractivity contribution in [2.24, 2.45) is 0 Å². The Morgan fingerprint density at radius 3 is 2.33 bits per heavy atom. The molecule has 0 unspecified atom stereocenters. The van der Waals surface area contributed by atoms with Crippen LogP contribution in [0.25, 0.3) is 0 Å². The van der Waals surface area contributed by atoms with Crippen LogP contribution in [0.2, 0.25) is 0 Å². The summed E-state index contributed by atoms with van der Waals surface area (Å²) in [5.41, 5.74) is 1.75. The van der Waals surface area contributed by atoms with E-state index in [1.807, 2.05) is 32.0 Å². The van der Waals surface area contributed by atoms with Gasteiger partial charge in [-0.25, -0.2) is 9.59 Å². The number of imide groups is 2. The molecule has 1 heterocycles. The molecule has 2 aromatic carbocycles. The number of hydrogen-bond acceptors (Lipinski definition) is 4. The van der Waals surface area contributed by atoms with Gasteiger partial charge in [0.2, 0.25) is 5.91 Å². The van der Waals surface area contributed by atoms with Gasteiger partial charge in [-0.05, 0) is 43.0 Å². The molecule has 156 valence electrons. The first-order valence-electron chi connectivity index (χ1n) is 9.64. The van der Waals surface area contributed by atoms with Gasteiger partial charge >= 0.3 is 12.1 Å². The summed E-state index contributed by atoms with van der Waals surface area (Å²) in [4.78, 5) is 50.9. The SMILES string of the molecule is CCNC(=O)NC(=O)CN1C(=O)N[C@@](c2ccccc2)(c2ccc(C)c(C)c2)C1=O. The van der Waals surface area contributed by atoms with Crippen LogP contribution in [0.1, 0.15) is 29.2 Å². The second-order valence-corrected chi connectivity index (χ2v) is 7.14. The van der Waals surface area contributed by atoms with Crippen molar-refractivity contribution < 1.29 is 19.2 Å². The normalized spacial score (nSPS) is 18.2. The van der Waals surface area contributed by atoms with Gasteiger partial charge in [0, 0.05) is 6.54 Å². The smallest absolute Gasteiger partial charge is 0.326 e. The molecule has 3 rings (SSSR count). The molecule has 1 saturated heterocycles. The number of nitrogens with one attached hydrogen (secondary N) is 3. The van der Waals surface area contributed by atoms with E-state index >= 15 is 0 Å². The third-order valence-corrected chi connectivity index (χ3v) is 5.14. The van der Waals surface area contributed by atoms with Crippen molar-refractivity contribution >= 4 is 23.9 Å². The first kappa shape index (κ1) is 21.0. The molecule has 0 spiro atoms. The molecular weight excluding hydrogens is 384 g/mol. The fourth-order valence-corrected chi connectivity index (χ4v) is 3.45. The van der Waals surface area contributed by atoms with Crippen LogP contribution in [0.4, 0.5) is 9.59 Å². The first-order chi connectivity index (χ1) is 14.3. The summed E-state index contributed by atoms with van der Waals surface area (Å²) in [6.07, 6.45) is 0. The van der Waals surface area contributed by atoms with E-state index in [0.717, 1.165) is 16.0 Å². The van der Waals surface area contributed by atoms with E-state index < -0.39 is 36.0 Å². The molecule has 1 aliphatic rings. The van der Waals surface area contributed by atoms with Crippen LogP contribution in [-0.2, 0) is 15.1 Å². The molecule has 1 fully saturated rings. The number of carbonyl (C=O) groups is 4. The first-order valence-corrected chi connectivity index (χ1v) is 9.64. The van der Waals surface area contributed by atoms with Crippen molar-refractivity contribution in [3.8, 4) is 0 Å². The molecule has 0 aromatic heterocycles. The van der Waals surface area contributed by atoms with Crippen LogP contribution in [0.15, 0.2) is 48.5 Å². The van der Waals surface area contributed by atoms with E-state index in [4.69, 9.17) is 0 Å². The molecule has 0 saturated carbocycles. The summed E-state index contributed by atoms with van der Waals surface area (Å²) < 4.78 is 0. The molecule has 3 N–H and O–H groups in total. The monoisotopic (exact) mass is 408 g/mol. The van der Waals surface area contributed by atoms with Crippen molar-refractivity contribution in [2.75, 3.05) is 13.1 Å². The zero-order chi connectivity index (χ0) is 21.9. The van der Waals surface area contributed by atoms with Gasteiger partial charge in [-0.15, -0.1) is 0 Å². The van der Waals surface area contributed by atoms with Gasteiger partial charge in [-0.3, -0.25) is 19.8 Å². The maximum atomic E-state index is 13.5. The molecule has 8 heteroatoms. The fourth-order valence-electron chi connectivity index (χ4n) is 3.45. The summed E-state index contributed by atoms with van der Waals surface area (Å²) in [6.45, 7) is 5.37. The van der Waals surface area contributed by atoms with Crippen molar-refractivity contribution in [1.82, 2.24) is 20.9 Å². The number of carbonyl (C=O) groups excluding carboxylic acids is 4. The summed E-state index contributed by atoms with van der Waals surface area (Å²) in [5, 5.41) is 7.33. The van der Waals surface area contributed by atoms with Gasteiger partial charge in [-0.2, -0.15) is 0 Å². The number of hydrogen-bond donors (Lipinski definition) is 3. The standard InChI is InChI=1S/C22H24N4O4/c1-4-23-20(29)24-18(27)13-26-19(28)22(25-21(26)30,16-8-6-5-7-9-16)17-11-10-14(2)15(3)12-17/h5-12H,4,13H2,1-3H3,(H,25,30)(H2,23,24,27,29)/t22-/m0/s1. The van der Waals surface area contributed by atoms with E-state index in [9.17, 15) is 19.2 Å². The Balaban J connectivity index is 1.99. The molecule has 1 atom stereocenters. The zero-order valence-electron chi connectivity index (χ0n) is 17.1. The summed E-state index contributed by atoms with van der Waals surface area (Å²) >= 11 is 0. The number of rotatable bonds is 5. The van der Waals surface area contributed by atoms with Gasteiger partial charge in [0.15, 0.2) is 5.54 Å². The van der Waals surface area contributed by atoms with Gasteiger partial charge in [0.1, 0.15) is 6.54 Å². The van der Waals surface area contributed by atoms with Crippen LogP contribution >= 0.6 is 0 Å². The maximum Gasteiger partial charge on any atom is 0.326 e. The van der Waals surface area contributed by atoms with Gasteiger partial charge in [0.25, 0.3) is 5.91 Å². The topological polar surface area (TPSA) is 108 Å². The summed E-state index contributed by atoms with van der Waals surface area (Å²) in [6, 6.07) is 13.0. The lowest BCUT2D eigenvalue weighted by atomic mass is 9.81. The van der Waals surface area contributed by atoms with Crippen LogP contribution < -0.4 is 16.0 Å². The lowest BCUT2D eigenvalue weighted by Crippen LogP contribution is -2.47. The van der Waals surface area contributed by atoms with Crippen molar-refractivity contribution in [2.45, 2.75) is 26.3 Å². The number of amides is 6. The fraction of sp³-hybridized carbons (Fsp3) is 0.273. The van der Waals surface area contributed by atoms with Crippen LogP contribution in [0.5, 0.6) is 0 Å². The Morgan fingerprint density at radius 2 is 1.70 bits per heavy atom. The molecule has 8 nitrogen and oxygen atoms in total. The highest BCUT2D eigenvalue weighted by Gasteiger charge is 2.54. The predicted octanol–water partition coefficient (Wildman–Crippen LogP) is 1.94. The summed E-state index contributed by atoms with van der Waals surface area (Å²) in [5.74, 6) is -1.33. The average molecular weight is 408 g/mol. The summed E-state index contributed by atoms with van der Waals surface area (Å²) in [7, 11) is 0. The van der Waals surface area contributed by atoms with Crippen LogP contribution in [0.3, 0.4) is 0 Å². The predicted molar refractivity (Wildman–Crippen MR) is 111 cm³/mol. The number of nitrogens with zero attached hydrogens (tertiary/aromatic N) is 1. The minimum Gasteiger partial charge on any atom is -0.338 e. The highest BCUT2D eigenvalue weighted by atomic mass is 16.2. The molecule has 6 amide bonds. The second-order valence-electron chi connectivity index (χ2n) is 7.14. The Hall–Kier alpha value is -3.68. The van der Waals surface area contributed by atoms with Crippen molar-refractivity contribution in [3.63, 3.8) is 0 Å². The van der Waals surface area contributed by atoms with E-state index in [0.29, 0.717) is 17.7 Å². The van der Waals surface area contributed by atoms with Crippen LogP contribution in [0, 0.1) is 13.8 Å². The Labute approximate surface area is 174 Å². The average Bonchev–Trinajstić information content (AvgIpc) is 2.96. The van der Waals surface area contributed by atoms with Crippen molar-refractivity contribution in [3.05, 3.63) is 70.8 Å². The number of aryl methyl sites for hydroxylation is 2. The molecule has 0 aliphatic carbocycles. The highest BCUT2D eigenvalue weighted by Crippen LogP contribution is 2.36. The highest BCUT2D eigenvalue weighted by molar-refractivity contribution is 6.12. The van der Waals surface area contributed by atoms with Gasteiger partial charge in [-0.1, -0.05) is 48.5 Å². The van der Waals surface area contributed by atoms with E-state index in [2.05, 4.69) is 16.0 Å². The van der Waals surface area contributed by atoms with Crippen molar-refractivity contribution in [1.29, 1.82) is 0 Å². The van der Waals surface area contributed by atoms with Gasteiger partial charge in [0.05, 0.1) is 0 Å². The Bertz CT molecular complexity index is 1010. The zero-order valence-corrected chi connectivity index (χ0v) is 17.1. The maximum absolute atomic E-state index is 13.5. The van der Waals surface area contributed by atoms with Gasteiger partial charge < -0.3 is 10.6 Å². The molecule has 0 bridgehead atoms. The Kier molecular flexibility index (Phi) is 5.86. The third-order valence-electron chi connectivity index (χ3n) is 5.14. The van der Waals surface area contributed by atoms with E-state index in [-0.39, 0.29) is 0 Å². The number of urea groups is 2. The van der Waals surface area contributed by atoms with E-state index in [1.165, 1.54) is 0 Å². The minimum atomic E-state index is -1.46. The van der Waals surface area contributed by atoms with Crippen LogP contribution in [-0.4, -0.2) is 41.9 Å². The minimum absolute atomic E-state index is 0.339. The lowest BCUT2D eigenvalue weighted by molar-refractivity contribution is -0.134. The molecule has 0 radical (unpaired) electrons. The molecule has 1 aliphatic heterocycles. The largest absolute Gasteiger partial charge is 0.338 e. The quantitative estimate of drug-likeness (QED) is 0.657. The molecular formula is C22H24N4O4. The molecule has 2 aromatic rings. The van der Waals surface area contributed by atoms with E-state index in [1.54, 1.807) is 37.3 Å². The Morgan fingerprint density at radius 1 is 1.00 bits per heavy atom. The molecule has 30 heavy (non-hydrogen) atoms. The third kappa shape index (κ3) is 3.76. The second kappa shape index (κ2) is 8.36.